The van der Waals surface area contributed by atoms with Crippen LogP contribution in [-0.4, -0.2) is 42.4 Å². The predicted molar refractivity (Wildman–Crippen MR) is 119 cm³/mol. The summed E-state index contributed by atoms with van der Waals surface area (Å²) in [6.07, 6.45) is 0. The number of benzene rings is 2. The predicted octanol–water partition coefficient (Wildman–Crippen LogP) is 3.13. The van der Waals surface area contributed by atoms with E-state index >= 15 is 0 Å². The molecule has 0 unspecified atom stereocenters. The van der Waals surface area contributed by atoms with Crippen LogP contribution in [0.3, 0.4) is 0 Å². The molecule has 9 nitrogen and oxygen atoms in total. The normalized spacial score (nSPS) is 10.8. The van der Waals surface area contributed by atoms with E-state index in [4.69, 9.17) is 0 Å². The van der Waals surface area contributed by atoms with Gasteiger partial charge in [-0.25, -0.2) is 4.68 Å². The Morgan fingerprint density at radius 3 is 2.48 bits per heavy atom. The lowest BCUT2D eigenvalue weighted by Crippen LogP contribution is -2.22. The van der Waals surface area contributed by atoms with Crippen molar-refractivity contribution in [1.82, 2.24) is 30.0 Å². The van der Waals surface area contributed by atoms with E-state index in [1.807, 2.05) is 80.9 Å². The molecule has 0 aliphatic carbocycles. The van der Waals surface area contributed by atoms with E-state index in [1.54, 1.807) is 4.68 Å². The molecule has 158 valence electrons. The summed E-state index contributed by atoms with van der Waals surface area (Å²) >= 11 is 0. The number of nitrogens with zero attached hydrogens (tertiary/aromatic N) is 6. The molecule has 1 amide bonds. The highest BCUT2D eigenvalue weighted by Gasteiger charge is 2.15. The van der Waals surface area contributed by atoms with Gasteiger partial charge in [-0.05, 0) is 68.0 Å². The van der Waals surface area contributed by atoms with Gasteiger partial charge in [0, 0.05) is 5.69 Å². The van der Waals surface area contributed by atoms with Crippen molar-refractivity contribution in [3.8, 4) is 11.4 Å². The number of amides is 1. The maximum Gasteiger partial charge on any atom is 0.243 e. The van der Waals surface area contributed by atoms with Crippen molar-refractivity contribution in [1.29, 1.82) is 0 Å². The SMILES string of the molecule is Cc1ccc(NCC(=O)Nc2c(C)nn(-c3ccccc3)c2C)cc1-n1nnnc1C. The van der Waals surface area contributed by atoms with Gasteiger partial charge in [0.2, 0.25) is 5.91 Å². The molecule has 0 aliphatic heterocycles. The fourth-order valence-electron chi connectivity index (χ4n) is 3.41. The number of hydrogen-bond donors (Lipinski definition) is 2. The van der Waals surface area contributed by atoms with Crippen LogP contribution in [0.4, 0.5) is 11.4 Å². The number of tetrazole rings is 1. The topological polar surface area (TPSA) is 103 Å². The van der Waals surface area contributed by atoms with Crippen LogP contribution in [-0.2, 0) is 4.79 Å². The number of nitrogens with one attached hydrogen (secondary N) is 2. The van der Waals surface area contributed by atoms with Crippen molar-refractivity contribution in [2.24, 2.45) is 0 Å². The fraction of sp³-hybridized carbons (Fsp3) is 0.227. The molecule has 4 aromatic rings. The number of carbonyl (C=O) groups is 1. The molecule has 0 aliphatic rings. The minimum atomic E-state index is -0.153. The standard InChI is InChI=1S/C22H24N8O/c1-14-10-11-18(12-20(14)30-17(4)25-27-28-30)23-13-21(31)24-22-15(2)26-29(16(22)3)19-8-6-5-7-9-19/h5-12,23H,13H2,1-4H3,(H,24,31). The zero-order valence-electron chi connectivity index (χ0n) is 17.9. The van der Waals surface area contributed by atoms with Gasteiger partial charge in [0.1, 0.15) is 0 Å². The lowest BCUT2D eigenvalue weighted by molar-refractivity contribution is -0.114. The first-order valence-electron chi connectivity index (χ1n) is 9.95. The minimum Gasteiger partial charge on any atom is -0.376 e. The number of rotatable bonds is 6. The monoisotopic (exact) mass is 416 g/mol. The van der Waals surface area contributed by atoms with Crippen LogP contribution in [0.1, 0.15) is 22.8 Å². The second-order valence-corrected chi connectivity index (χ2v) is 7.33. The van der Waals surface area contributed by atoms with Gasteiger partial charge in [-0.1, -0.05) is 24.3 Å². The number of hydrogen-bond acceptors (Lipinski definition) is 6. The molecular formula is C22H24N8O. The first-order valence-corrected chi connectivity index (χ1v) is 9.95. The van der Waals surface area contributed by atoms with Gasteiger partial charge in [-0.2, -0.15) is 9.78 Å². The smallest absolute Gasteiger partial charge is 0.243 e. The minimum absolute atomic E-state index is 0.118. The molecule has 0 spiro atoms. The first-order chi connectivity index (χ1) is 14.9. The molecule has 0 bridgehead atoms. The molecule has 0 atom stereocenters. The van der Waals surface area contributed by atoms with Crippen LogP contribution in [0.15, 0.2) is 48.5 Å². The molecule has 0 radical (unpaired) electrons. The van der Waals surface area contributed by atoms with Gasteiger partial charge in [-0.3, -0.25) is 4.79 Å². The van der Waals surface area contributed by atoms with Crippen LogP contribution in [0.5, 0.6) is 0 Å². The van der Waals surface area contributed by atoms with Crippen LogP contribution < -0.4 is 10.6 Å². The van der Waals surface area contributed by atoms with Gasteiger partial charge in [0.15, 0.2) is 5.82 Å². The lowest BCUT2D eigenvalue weighted by atomic mass is 10.2. The zero-order valence-corrected chi connectivity index (χ0v) is 17.9. The van der Waals surface area contributed by atoms with Gasteiger partial charge >= 0.3 is 0 Å². The highest BCUT2D eigenvalue weighted by Crippen LogP contribution is 2.23. The van der Waals surface area contributed by atoms with E-state index < -0.39 is 0 Å². The molecular weight excluding hydrogens is 392 g/mol. The second-order valence-electron chi connectivity index (χ2n) is 7.33. The van der Waals surface area contributed by atoms with E-state index in [0.717, 1.165) is 39.7 Å². The largest absolute Gasteiger partial charge is 0.376 e. The molecule has 2 aromatic heterocycles. The van der Waals surface area contributed by atoms with Crippen molar-refractivity contribution in [2.75, 3.05) is 17.2 Å². The van der Waals surface area contributed by atoms with Crippen LogP contribution >= 0.6 is 0 Å². The van der Waals surface area contributed by atoms with E-state index in [1.165, 1.54) is 0 Å². The Kier molecular flexibility index (Phi) is 5.48. The van der Waals surface area contributed by atoms with Gasteiger partial charge in [-0.15, -0.1) is 5.10 Å². The summed E-state index contributed by atoms with van der Waals surface area (Å²) in [5.74, 6) is 0.541. The summed E-state index contributed by atoms with van der Waals surface area (Å²) in [6, 6.07) is 15.7. The lowest BCUT2D eigenvalue weighted by Gasteiger charge is -2.12. The average molecular weight is 416 g/mol. The van der Waals surface area contributed by atoms with E-state index in [9.17, 15) is 4.79 Å². The average Bonchev–Trinajstić information content (AvgIpc) is 3.32. The van der Waals surface area contributed by atoms with Crippen LogP contribution in [0, 0.1) is 27.7 Å². The maximum absolute atomic E-state index is 12.6. The van der Waals surface area contributed by atoms with E-state index in [-0.39, 0.29) is 12.5 Å². The molecule has 2 N–H and O–H groups in total. The summed E-state index contributed by atoms with van der Waals surface area (Å²) in [4.78, 5) is 12.6. The third kappa shape index (κ3) is 4.16. The summed E-state index contributed by atoms with van der Waals surface area (Å²) in [5.41, 5.74) is 6.02. The summed E-state index contributed by atoms with van der Waals surface area (Å²) in [7, 11) is 0. The second kappa shape index (κ2) is 8.39. The number of para-hydroxylation sites is 1. The van der Waals surface area contributed by atoms with Gasteiger partial charge < -0.3 is 10.6 Å². The molecule has 0 fully saturated rings. The molecule has 0 saturated heterocycles. The Labute approximate surface area is 180 Å². The van der Waals surface area contributed by atoms with Crippen molar-refractivity contribution in [3.63, 3.8) is 0 Å². The number of carbonyl (C=O) groups excluding carboxylic acids is 1. The Hall–Kier alpha value is -4.01. The Bertz CT molecular complexity index is 1230. The van der Waals surface area contributed by atoms with E-state index in [2.05, 4.69) is 31.3 Å². The Balaban J connectivity index is 1.46. The zero-order chi connectivity index (χ0) is 22.0. The Morgan fingerprint density at radius 1 is 1.00 bits per heavy atom. The van der Waals surface area contributed by atoms with Crippen molar-refractivity contribution in [2.45, 2.75) is 27.7 Å². The summed E-state index contributed by atoms with van der Waals surface area (Å²) < 4.78 is 3.50. The van der Waals surface area contributed by atoms with Crippen LogP contribution in [0.2, 0.25) is 0 Å². The third-order valence-electron chi connectivity index (χ3n) is 5.07. The van der Waals surface area contributed by atoms with Crippen molar-refractivity contribution >= 4 is 17.3 Å². The number of aryl methyl sites for hydroxylation is 3. The van der Waals surface area contributed by atoms with Crippen molar-refractivity contribution < 1.29 is 4.79 Å². The van der Waals surface area contributed by atoms with Gasteiger partial charge in [0.05, 0.1) is 35.0 Å². The molecule has 31 heavy (non-hydrogen) atoms. The van der Waals surface area contributed by atoms with E-state index in [0.29, 0.717) is 5.82 Å². The Morgan fingerprint density at radius 2 is 1.77 bits per heavy atom. The van der Waals surface area contributed by atoms with Crippen LogP contribution in [0.25, 0.3) is 11.4 Å². The molecule has 2 heterocycles. The quantitative estimate of drug-likeness (QED) is 0.501. The number of aromatic nitrogens is 6. The third-order valence-corrected chi connectivity index (χ3v) is 5.07. The highest BCUT2D eigenvalue weighted by atomic mass is 16.1. The molecule has 2 aromatic carbocycles. The maximum atomic E-state index is 12.6. The van der Waals surface area contributed by atoms with Crippen molar-refractivity contribution in [3.05, 3.63) is 71.3 Å². The molecule has 9 heteroatoms. The first kappa shape index (κ1) is 20.3. The summed E-state index contributed by atoms with van der Waals surface area (Å²) in [6.45, 7) is 7.77. The molecule has 0 saturated carbocycles. The highest BCUT2D eigenvalue weighted by molar-refractivity contribution is 5.94. The summed E-state index contributed by atoms with van der Waals surface area (Å²) in [5, 5.41) is 22.4. The molecule has 4 rings (SSSR count). The fourth-order valence-corrected chi connectivity index (χ4v) is 3.41. The van der Waals surface area contributed by atoms with Gasteiger partial charge in [0.25, 0.3) is 0 Å². The number of anilines is 2.